The fourth-order valence-electron chi connectivity index (χ4n) is 1.17. The number of amides is 2. The van der Waals surface area contributed by atoms with E-state index in [4.69, 9.17) is 17.3 Å². The van der Waals surface area contributed by atoms with E-state index in [0.717, 1.165) is 6.20 Å². The number of hydrogen-bond donors (Lipinski definition) is 3. The Morgan fingerprint density at radius 1 is 1.45 bits per heavy atom. The van der Waals surface area contributed by atoms with Gasteiger partial charge in [0.1, 0.15) is 10.7 Å². The van der Waals surface area contributed by atoms with E-state index in [1.54, 1.807) is 14.1 Å². The Morgan fingerprint density at radius 3 is 2.65 bits per heavy atom. The molecule has 112 valence electrons. The van der Waals surface area contributed by atoms with Crippen molar-refractivity contribution in [3.05, 3.63) is 17.3 Å². The molecule has 20 heavy (non-hydrogen) atoms. The second-order valence-corrected chi connectivity index (χ2v) is 6.24. The van der Waals surface area contributed by atoms with Crippen LogP contribution in [-0.2, 0) is 10.0 Å². The molecule has 1 aromatic heterocycles. The number of carbonyl (C=O) groups excluding carboxylic acids is 1. The molecule has 0 spiro atoms. The minimum atomic E-state index is -3.74. The zero-order valence-corrected chi connectivity index (χ0v) is 12.6. The van der Waals surface area contributed by atoms with E-state index in [9.17, 15) is 13.2 Å². The molecule has 8 nitrogen and oxygen atoms in total. The van der Waals surface area contributed by atoms with Crippen LogP contribution in [0.15, 0.2) is 17.2 Å². The molecule has 0 saturated heterocycles. The summed E-state index contributed by atoms with van der Waals surface area (Å²) in [6, 6.07) is 0.909. The van der Waals surface area contributed by atoms with Gasteiger partial charge in [-0.3, -0.25) is 0 Å². The summed E-state index contributed by atoms with van der Waals surface area (Å²) in [5.74, 6) is 0.0591. The van der Waals surface area contributed by atoms with Gasteiger partial charge in [0, 0.05) is 33.4 Å². The van der Waals surface area contributed by atoms with Gasteiger partial charge < -0.3 is 16.0 Å². The largest absolute Gasteiger partial charge is 0.382 e. The van der Waals surface area contributed by atoms with Crippen molar-refractivity contribution in [3.63, 3.8) is 0 Å². The predicted octanol–water partition coefficient (Wildman–Crippen LogP) is -0.133. The number of halogens is 1. The quantitative estimate of drug-likeness (QED) is 0.653. The number of hydrogen-bond acceptors (Lipinski definition) is 5. The highest BCUT2D eigenvalue weighted by Gasteiger charge is 2.15. The van der Waals surface area contributed by atoms with Gasteiger partial charge in [0.2, 0.25) is 10.0 Å². The van der Waals surface area contributed by atoms with E-state index < -0.39 is 10.0 Å². The monoisotopic (exact) mass is 321 g/mol. The highest BCUT2D eigenvalue weighted by Crippen LogP contribution is 2.19. The average Bonchev–Trinajstić information content (AvgIpc) is 2.37. The summed E-state index contributed by atoms with van der Waals surface area (Å²) in [6.45, 7) is 0.205. The van der Waals surface area contributed by atoms with Gasteiger partial charge in [0.05, 0.1) is 5.02 Å². The van der Waals surface area contributed by atoms with Crippen molar-refractivity contribution >= 4 is 33.5 Å². The SMILES string of the molecule is CN(C)C(=O)NCCNS(=O)(=O)c1cnc(N)c(Cl)c1. The molecule has 0 saturated carbocycles. The standard InChI is InChI=1S/C10H16ClN5O3S/c1-16(2)10(17)13-3-4-15-20(18,19)7-5-8(11)9(12)14-6-7/h5-6,15H,3-4H2,1-2H3,(H2,12,14)(H,13,17). The highest BCUT2D eigenvalue weighted by atomic mass is 35.5. The molecule has 1 aromatic rings. The van der Waals surface area contributed by atoms with Crippen LogP contribution in [0.25, 0.3) is 0 Å². The third-order valence-corrected chi connectivity index (χ3v) is 3.99. The number of rotatable bonds is 5. The Labute approximate surface area is 122 Å². The molecule has 10 heteroatoms. The fraction of sp³-hybridized carbons (Fsp3) is 0.400. The molecule has 0 aliphatic heterocycles. The number of nitrogen functional groups attached to an aromatic ring is 1. The lowest BCUT2D eigenvalue weighted by Crippen LogP contribution is -2.39. The number of anilines is 1. The molecule has 2 amide bonds. The smallest absolute Gasteiger partial charge is 0.316 e. The first-order chi connectivity index (χ1) is 9.24. The first-order valence-corrected chi connectivity index (χ1v) is 7.46. The maximum atomic E-state index is 11.9. The van der Waals surface area contributed by atoms with Crippen molar-refractivity contribution < 1.29 is 13.2 Å². The van der Waals surface area contributed by atoms with E-state index in [1.807, 2.05) is 0 Å². The van der Waals surface area contributed by atoms with Crippen molar-refractivity contribution in [2.75, 3.05) is 32.9 Å². The number of nitrogens with one attached hydrogen (secondary N) is 2. The molecule has 1 rings (SSSR count). The summed E-state index contributed by atoms with van der Waals surface area (Å²) in [5, 5.41) is 2.59. The number of sulfonamides is 1. The third kappa shape index (κ3) is 4.51. The Kier molecular flexibility index (Phi) is 5.54. The second kappa shape index (κ2) is 6.73. The molecule has 0 aromatic carbocycles. The van der Waals surface area contributed by atoms with Crippen molar-refractivity contribution in [3.8, 4) is 0 Å². The maximum Gasteiger partial charge on any atom is 0.316 e. The van der Waals surface area contributed by atoms with Gasteiger partial charge in [0.25, 0.3) is 0 Å². The van der Waals surface area contributed by atoms with Gasteiger partial charge in [-0.25, -0.2) is 22.9 Å². The van der Waals surface area contributed by atoms with E-state index >= 15 is 0 Å². The van der Waals surface area contributed by atoms with Crippen LogP contribution in [0, 0.1) is 0 Å². The van der Waals surface area contributed by atoms with Crippen LogP contribution >= 0.6 is 11.6 Å². The molecular weight excluding hydrogens is 306 g/mol. The van der Waals surface area contributed by atoms with E-state index in [2.05, 4.69) is 15.0 Å². The number of carbonyl (C=O) groups is 1. The molecule has 1 heterocycles. The zero-order valence-electron chi connectivity index (χ0n) is 11.1. The Hall–Kier alpha value is -1.58. The van der Waals surface area contributed by atoms with Crippen LogP contribution in [0.5, 0.6) is 0 Å². The summed E-state index contributed by atoms with van der Waals surface area (Å²) in [4.78, 5) is 16.1. The molecule has 0 bridgehead atoms. The van der Waals surface area contributed by atoms with Crippen LogP contribution in [-0.4, -0.2) is 51.5 Å². The summed E-state index contributed by atoms with van der Waals surface area (Å²) >= 11 is 5.72. The lowest BCUT2D eigenvalue weighted by molar-refractivity contribution is 0.217. The summed E-state index contributed by atoms with van der Waals surface area (Å²) in [5.41, 5.74) is 5.40. The molecule has 0 unspecified atom stereocenters. The normalized spacial score (nSPS) is 11.2. The number of pyridine rings is 1. The number of nitrogens with zero attached hydrogens (tertiary/aromatic N) is 2. The minimum absolute atomic E-state index is 0.0455. The highest BCUT2D eigenvalue weighted by molar-refractivity contribution is 7.89. The Bertz CT molecular complexity index is 591. The van der Waals surface area contributed by atoms with Crippen molar-refractivity contribution in [1.29, 1.82) is 0 Å². The molecular formula is C10H16ClN5O3S. The van der Waals surface area contributed by atoms with Crippen molar-refractivity contribution in [1.82, 2.24) is 19.9 Å². The first kappa shape index (κ1) is 16.5. The fourth-order valence-corrected chi connectivity index (χ4v) is 2.41. The van der Waals surface area contributed by atoms with Gasteiger partial charge >= 0.3 is 6.03 Å². The first-order valence-electron chi connectivity index (χ1n) is 5.60. The van der Waals surface area contributed by atoms with Crippen LogP contribution in [0.2, 0.25) is 5.02 Å². The van der Waals surface area contributed by atoms with Crippen LogP contribution in [0.3, 0.4) is 0 Å². The lowest BCUT2D eigenvalue weighted by atomic mass is 10.5. The third-order valence-electron chi connectivity index (χ3n) is 2.25. The molecule has 0 aliphatic rings. The summed E-state index contributed by atoms with van der Waals surface area (Å²) < 4.78 is 26.1. The Balaban J connectivity index is 2.58. The van der Waals surface area contributed by atoms with Gasteiger partial charge in [0.15, 0.2) is 0 Å². The number of nitrogens with two attached hydrogens (primary N) is 1. The summed E-state index contributed by atoms with van der Waals surface area (Å²) in [7, 11) is -0.565. The van der Waals surface area contributed by atoms with Gasteiger partial charge in [-0.05, 0) is 6.07 Å². The van der Waals surface area contributed by atoms with Crippen LogP contribution < -0.4 is 15.8 Å². The number of aromatic nitrogens is 1. The van der Waals surface area contributed by atoms with E-state index in [-0.39, 0.29) is 34.9 Å². The number of urea groups is 1. The van der Waals surface area contributed by atoms with Crippen molar-refractivity contribution in [2.24, 2.45) is 0 Å². The van der Waals surface area contributed by atoms with Crippen LogP contribution in [0.1, 0.15) is 0 Å². The second-order valence-electron chi connectivity index (χ2n) is 4.06. The van der Waals surface area contributed by atoms with Crippen molar-refractivity contribution in [2.45, 2.75) is 4.90 Å². The van der Waals surface area contributed by atoms with Gasteiger partial charge in [-0.15, -0.1) is 0 Å². The molecule has 4 N–H and O–H groups in total. The van der Waals surface area contributed by atoms with Crippen LogP contribution in [0.4, 0.5) is 10.6 Å². The average molecular weight is 322 g/mol. The van der Waals surface area contributed by atoms with Gasteiger partial charge in [-0.1, -0.05) is 11.6 Å². The zero-order chi connectivity index (χ0) is 15.3. The lowest BCUT2D eigenvalue weighted by Gasteiger charge is -2.12. The van der Waals surface area contributed by atoms with E-state index in [1.165, 1.54) is 11.0 Å². The summed E-state index contributed by atoms with van der Waals surface area (Å²) in [6.07, 6.45) is 1.11. The molecule has 0 radical (unpaired) electrons. The topological polar surface area (TPSA) is 117 Å². The molecule has 0 aliphatic carbocycles. The predicted molar refractivity (Wildman–Crippen MR) is 75.9 cm³/mol. The molecule has 0 atom stereocenters. The van der Waals surface area contributed by atoms with E-state index in [0.29, 0.717) is 0 Å². The van der Waals surface area contributed by atoms with Gasteiger partial charge in [-0.2, -0.15) is 0 Å². The molecule has 0 fully saturated rings. The minimum Gasteiger partial charge on any atom is -0.382 e. The maximum absolute atomic E-state index is 11.9. The Morgan fingerprint density at radius 2 is 2.10 bits per heavy atom.